The number of hydrogen-bond acceptors (Lipinski definition) is 4. The number of amides is 1. The van der Waals surface area contributed by atoms with E-state index >= 15 is 0 Å². The number of carbonyl (C=O) groups is 1. The summed E-state index contributed by atoms with van der Waals surface area (Å²) >= 11 is 5.12. The third-order valence-corrected chi connectivity index (χ3v) is 5.10. The molecule has 0 aromatic heterocycles. The Hall–Kier alpha value is -2.29. The summed E-state index contributed by atoms with van der Waals surface area (Å²) in [5.41, 5.74) is 0.489. The van der Waals surface area contributed by atoms with Gasteiger partial charge in [0.2, 0.25) is 10.0 Å². The lowest BCUT2D eigenvalue weighted by Crippen LogP contribution is -2.40. The molecule has 0 saturated carbocycles. The molecule has 1 amide bonds. The van der Waals surface area contributed by atoms with E-state index in [0.29, 0.717) is 11.3 Å². The molecule has 0 aliphatic carbocycles. The van der Waals surface area contributed by atoms with Gasteiger partial charge in [0, 0.05) is 16.8 Å². The average Bonchev–Trinajstić information content (AvgIpc) is 2.54. The van der Waals surface area contributed by atoms with Gasteiger partial charge in [-0.2, -0.15) is 0 Å². The maximum Gasteiger partial charge on any atom is 0.257 e. The summed E-state index contributed by atoms with van der Waals surface area (Å²) in [7, 11) is -3.60. The van der Waals surface area contributed by atoms with Crippen molar-refractivity contribution >= 4 is 38.9 Å². The Morgan fingerprint density at radius 1 is 0.962 bits per heavy atom. The van der Waals surface area contributed by atoms with Gasteiger partial charge >= 0.3 is 0 Å². The van der Waals surface area contributed by atoms with E-state index in [4.69, 9.17) is 12.2 Å². The number of anilines is 1. The van der Waals surface area contributed by atoms with Crippen molar-refractivity contribution < 1.29 is 13.2 Å². The van der Waals surface area contributed by atoms with E-state index in [2.05, 4.69) is 15.4 Å². The monoisotopic (exact) mass is 391 g/mol. The number of nitrogens with one attached hydrogen (secondary N) is 3. The van der Waals surface area contributed by atoms with Crippen LogP contribution < -0.4 is 15.4 Å². The van der Waals surface area contributed by atoms with Gasteiger partial charge in [-0.05, 0) is 69.4 Å². The normalized spacial score (nSPS) is 11.7. The number of sulfonamides is 1. The van der Waals surface area contributed by atoms with Gasteiger partial charge in [-0.3, -0.25) is 10.1 Å². The molecular formula is C18H21N3O3S2. The predicted octanol–water partition coefficient (Wildman–Crippen LogP) is 2.89. The van der Waals surface area contributed by atoms with Crippen molar-refractivity contribution in [1.82, 2.24) is 10.0 Å². The first-order chi connectivity index (χ1) is 12.1. The van der Waals surface area contributed by atoms with Crippen molar-refractivity contribution in [2.75, 3.05) is 5.32 Å². The van der Waals surface area contributed by atoms with Crippen LogP contribution in [0.25, 0.3) is 0 Å². The topological polar surface area (TPSA) is 87.3 Å². The highest BCUT2D eigenvalue weighted by molar-refractivity contribution is 7.89. The molecule has 0 radical (unpaired) electrons. The summed E-state index contributed by atoms with van der Waals surface area (Å²) in [4.78, 5) is 12.2. The highest BCUT2D eigenvalue weighted by atomic mass is 32.2. The molecule has 0 bridgehead atoms. The second-order valence-corrected chi connectivity index (χ2v) is 8.74. The van der Waals surface area contributed by atoms with Gasteiger partial charge in [-0.25, -0.2) is 13.1 Å². The second kappa shape index (κ2) is 7.94. The highest BCUT2D eigenvalue weighted by Crippen LogP contribution is 2.16. The Labute approximate surface area is 159 Å². The van der Waals surface area contributed by atoms with Crippen LogP contribution in [-0.4, -0.2) is 25.0 Å². The fourth-order valence-electron chi connectivity index (χ4n) is 2.11. The zero-order valence-corrected chi connectivity index (χ0v) is 16.4. The highest BCUT2D eigenvalue weighted by Gasteiger charge is 2.21. The van der Waals surface area contributed by atoms with E-state index in [9.17, 15) is 13.2 Å². The standard InChI is InChI=1S/C18H21N3O3S2/c1-18(2,3)21-26(23,24)15-11-9-14(10-12-15)19-17(25)20-16(22)13-7-5-4-6-8-13/h4-12,21H,1-3H3,(H2,19,20,22,25). The van der Waals surface area contributed by atoms with Crippen molar-refractivity contribution in [2.45, 2.75) is 31.2 Å². The maximum absolute atomic E-state index is 12.3. The van der Waals surface area contributed by atoms with Gasteiger partial charge in [-0.15, -0.1) is 0 Å². The molecule has 2 rings (SSSR count). The minimum atomic E-state index is -3.60. The van der Waals surface area contributed by atoms with E-state index in [0.717, 1.165) is 0 Å². The van der Waals surface area contributed by atoms with Crippen molar-refractivity contribution in [2.24, 2.45) is 0 Å². The van der Waals surface area contributed by atoms with E-state index in [1.165, 1.54) is 12.1 Å². The molecule has 138 valence electrons. The van der Waals surface area contributed by atoms with Gasteiger partial charge in [0.05, 0.1) is 4.90 Å². The molecule has 0 saturated heterocycles. The molecule has 0 heterocycles. The first-order valence-corrected chi connectivity index (χ1v) is 9.77. The summed E-state index contributed by atoms with van der Waals surface area (Å²) in [6, 6.07) is 14.8. The molecular weight excluding hydrogens is 370 g/mol. The van der Waals surface area contributed by atoms with Crippen LogP contribution in [0.5, 0.6) is 0 Å². The SMILES string of the molecule is CC(C)(C)NS(=O)(=O)c1ccc(NC(=S)NC(=O)c2ccccc2)cc1. The molecule has 26 heavy (non-hydrogen) atoms. The number of thiocarbonyl (C=S) groups is 1. The van der Waals surface area contributed by atoms with E-state index in [-0.39, 0.29) is 15.9 Å². The van der Waals surface area contributed by atoms with Crippen molar-refractivity contribution in [1.29, 1.82) is 0 Å². The fourth-order valence-corrected chi connectivity index (χ4v) is 3.74. The van der Waals surface area contributed by atoms with Crippen LogP contribution in [0, 0.1) is 0 Å². The van der Waals surface area contributed by atoms with E-state index < -0.39 is 15.6 Å². The average molecular weight is 392 g/mol. The van der Waals surface area contributed by atoms with Gasteiger partial charge in [0.1, 0.15) is 0 Å². The number of benzene rings is 2. The quantitative estimate of drug-likeness (QED) is 0.698. The Kier molecular flexibility index (Phi) is 6.12. The summed E-state index contributed by atoms with van der Waals surface area (Å²) in [6.07, 6.45) is 0. The first kappa shape index (κ1) is 20.0. The zero-order valence-electron chi connectivity index (χ0n) is 14.7. The van der Waals surface area contributed by atoms with E-state index in [1.54, 1.807) is 57.2 Å². The smallest absolute Gasteiger partial charge is 0.257 e. The van der Waals surface area contributed by atoms with Crippen LogP contribution in [0.2, 0.25) is 0 Å². The summed E-state index contributed by atoms with van der Waals surface area (Å²) in [5.74, 6) is -0.323. The van der Waals surface area contributed by atoms with Crippen molar-refractivity contribution in [3.63, 3.8) is 0 Å². The number of hydrogen-bond donors (Lipinski definition) is 3. The van der Waals surface area contributed by atoms with Crippen LogP contribution >= 0.6 is 12.2 Å². The molecule has 0 spiro atoms. The van der Waals surface area contributed by atoms with Gasteiger partial charge < -0.3 is 5.32 Å². The van der Waals surface area contributed by atoms with Crippen LogP contribution in [-0.2, 0) is 10.0 Å². The van der Waals surface area contributed by atoms with Crippen molar-refractivity contribution in [3.05, 3.63) is 60.2 Å². The third kappa shape index (κ3) is 5.91. The third-order valence-electron chi connectivity index (χ3n) is 3.13. The fraction of sp³-hybridized carbons (Fsp3) is 0.222. The second-order valence-electron chi connectivity index (χ2n) is 6.65. The minimum Gasteiger partial charge on any atom is -0.332 e. The molecule has 0 fully saturated rings. The lowest BCUT2D eigenvalue weighted by molar-refractivity contribution is 0.0977. The molecule has 0 unspecified atom stereocenters. The summed E-state index contributed by atoms with van der Waals surface area (Å²) < 4.78 is 27.1. The van der Waals surface area contributed by atoms with Crippen LogP contribution in [0.3, 0.4) is 0 Å². The Morgan fingerprint density at radius 3 is 2.08 bits per heavy atom. The molecule has 8 heteroatoms. The van der Waals surface area contributed by atoms with Crippen LogP contribution in [0.1, 0.15) is 31.1 Å². The Morgan fingerprint density at radius 2 is 1.54 bits per heavy atom. The van der Waals surface area contributed by atoms with Crippen LogP contribution in [0.4, 0.5) is 5.69 Å². The van der Waals surface area contributed by atoms with E-state index in [1.807, 2.05) is 6.07 Å². The maximum atomic E-state index is 12.3. The molecule has 0 aliphatic rings. The van der Waals surface area contributed by atoms with Gasteiger partial charge in [0.25, 0.3) is 5.91 Å². The molecule has 0 aliphatic heterocycles. The minimum absolute atomic E-state index is 0.127. The summed E-state index contributed by atoms with van der Waals surface area (Å²) in [6.45, 7) is 5.32. The molecule has 2 aromatic carbocycles. The largest absolute Gasteiger partial charge is 0.332 e. The number of carbonyl (C=O) groups excluding carboxylic acids is 1. The van der Waals surface area contributed by atoms with Gasteiger partial charge in [0.15, 0.2) is 5.11 Å². The molecule has 0 atom stereocenters. The van der Waals surface area contributed by atoms with Crippen LogP contribution in [0.15, 0.2) is 59.5 Å². The molecule has 3 N–H and O–H groups in total. The first-order valence-electron chi connectivity index (χ1n) is 7.88. The lowest BCUT2D eigenvalue weighted by atomic mass is 10.1. The predicted molar refractivity (Wildman–Crippen MR) is 107 cm³/mol. The number of rotatable bonds is 4. The lowest BCUT2D eigenvalue weighted by Gasteiger charge is -2.20. The Balaban J connectivity index is 2.01. The summed E-state index contributed by atoms with van der Waals surface area (Å²) in [5, 5.41) is 5.55. The van der Waals surface area contributed by atoms with Gasteiger partial charge in [-0.1, -0.05) is 18.2 Å². The molecule has 2 aromatic rings. The van der Waals surface area contributed by atoms with Crippen molar-refractivity contribution in [3.8, 4) is 0 Å². The zero-order chi connectivity index (χ0) is 19.4. The molecule has 6 nitrogen and oxygen atoms in total. The Bertz CT molecular complexity index is 888.